The van der Waals surface area contributed by atoms with Crippen LogP contribution in [0, 0.1) is 11.2 Å². The number of benzene rings is 1. The Bertz CT molecular complexity index is 647. The largest absolute Gasteiger partial charge is 0.326 e. The molecule has 0 spiro atoms. The molecule has 1 aliphatic rings. The second-order valence-corrected chi connectivity index (χ2v) is 6.43. The van der Waals surface area contributed by atoms with Gasteiger partial charge in [-0.25, -0.2) is 9.37 Å². The number of nitrogens with zero attached hydrogens (tertiary/aromatic N) is 2. The van der Waals surface area contributed by atoms with Gasteiger partial charge in [0, 0.05) is 12.6 Å². The maximum atomic E-state index is 13.7. The lowest BCUT2D eigenvalue weighted by atomic mass is 10.0. The number of hydrogen-bond donors (Lipinski definition) is 0. The van der Waals surface area contributed by atoms with Crippen LogP contribution in [0.3, 0.4) is 0 Å². The third kappa shape index (κ3) is 2.42. The average Bonchev–Trinajstić information content (AvgIpc) is 3.10. The zero-order chi connectivity index (χ0) is 14.3. The SMILES string of the molecule is CCCC1(Cn2c(CCl)nc3cc(Cl)c(F)cc32)CC1. The van der Waals surface area contributed by atoms with E-state index in [1.54, 1.807) is 6.07 Å². The van der Waals surface area contributed by atoms with E-state index in [0.717, 1.165) is 23.4 Å². The van der Waals surface area contributed by atoms with Gasteiger partial charge < -0.3 is 4.57 Å². The normalized spacial score (nSPS) is 16.8. The van der Waals surface area contributed by atoms with Gasteiger partial charge >= 0.3 is 0 Å². The monoisotopic (exact) mass is 314 g/mol. The molecular weight excluding hydrogens is 298 g/mol. The summed E-state index contributed by atoms with van der Waals surface area (Å²) in [5.74, 6) is 0.725. The van der Waals surface area contributed by atoms with Crippen molar-refractivity contribution < 1.29 is 4.39 Å². The third-order valence-electron chi connectivity index (χ3n) is 4.22. The lowest BCUT2D eigenvalue weighted by molar-refractivity contribution is 0.389. The predicted octanol–water partition coefficient (Wildman–Crippen LogP) is 5.15. The lowest BCUT2D eigenvalue weighted by Gasteiger charge is -2.17. The number of hydrogen-bond acceptors (Lipinski definition) is 1. The molecule has 108 valence electrons. The fourth-order valence-electron chi connectivity index (χ4n) is 2.98. The van der Waals surface area contributed by atoms with Crippen molar-refractivity contribution in [2.45, 2.75) is 45.0 Å². The Hall–Kier alpha value is -0.800. The molecule has 1 heterocycles. The summed E-state index contributed by atoms with van der Waals surface area (Å²) in [7, 11) is 0. The zero-order valence-electron chi connectivity index (χ0n) is 11.4. The second-order valence-electron chi connectivity index (χ2n) is 5.75. The van der Waals surface area contributed by atoms with Crippen LogP contribution in [-0.2, 0) is 12.4 Å². The van der Waals surface area contributed by atoms with Gasteiger partial charge in [-0.05, 0) is 30.7 Å². The van der Waals surface area contributed by atoms with Crippen molar-refractivity contribution in [1.29, 1.82) is 0 Å². The summed E-state index contributed by atoms with van der Waals surface area (Å²) in [6.07, 6.45) is 4.84. The van der Waals surface area contributed by atoms with E-state index in [1.807, 2.05) is 0 Å². The molecule has 0 atom stereocenters. The fraction of sp³-hybridized carbons (Fsp3) is 0.533. The van der Waals surface area contributed by atoms with Crippen LogP contribution in [0.25, 0.3) is 11.0 Å². The quantitative estimate of drug-likeness (QED) is 0.698. The first kappa shape index (κ1) is 14.2. The highest BCUT2D eigenvalue weighted by Crippen LogP contribution is 2.51. The molecular formula is C15H17Cl2FN2. The molecule has 0 bridgehead atoms. The summed E-state index contributed by atoms with van der Waals surface area (Å²) in [6.45, 7) is 3.08. The molecule has 1 saturated carbocycles. The topological polar surface area (TPSA) is 17.8 Å². The maximum Gasteiger partial charge on any atom is 0.144 e. The Morgan fingerprint density at radius 3 is 2.75 bits per heavy atom. The molecule has 0 aliphatic heterocycles. The van der Waals surface area contributed by atoms with Crippen LogP contribution in [0.5, 0.6) is 0 Å². The van der Waals surface area contributed by atoms with E-state index in [2.05, 4.69) is 16.5 Å². The molecule has 1 aliphatic carbocycles. The highest BCUT2D eigenvalue weighted by Gasteiger charge is 2.42. The fourth-order valence-corrected chi connectivity index (χ4v) is 3.34. The minimum absolute atomic E-state index is 0.109. The van der Waals surface area contributed by atoms with Crippen LogP contribution in [0.15, 0.2) is 12.1 Å². The Morgan fingerprint density at radius 2 is 2.15 bits per heavy atom. The van der Waals surface area contributed by atoms with E-state index in [0.29, 0.717) is 11.3 Å². The highest BCUT2D eigenvalue weighted by atomic mass is 35.5. The Morgan fingerprint density at radius 1 is 1.40 bits per heavy atom. The molecule has 2 aromatic rings. The first-order valence-corrected chi connectivity index (χ1v) is 7.90. The molecule has 1 aromatic carbocycles. The third-order valence-corrected chi connectivity index (χ3v) is 4.75. The second kappa shape index (κ2) is 5.19. The van der Waals surface area contributed by atoms with Gasteiger partial charge in [0.2, 0.25) is 0 Å². The zero-order valence-corrected chi connectivity index (χ0v) is 12.9. The van der Waals surface area contributed by atoms with Crippen LogP contribution >= 0.6 is 23.2 Å². The van der Waals surface area contributed by atoms with Crippen LogP contribution in [0.1, 0.15) is 38.4 Å². The first-order valence-electron chi connectivity index (χ1n) is 6.99. The van der Waals surface area contributed by atoms with Gasteiger partial charge in [-0.3, -0.25) is 0 Å². The minimum Gasteiger partial charge on any atom is -0.326 e. The predicted molar refractivity (Wildman–Crippen MR) is 80.8 cm³/mol. The number of alkyl halides is 1. The highest BCUT2D eigenvalue weighted by molar-refractivity contribution is 6.31. The van der Waals surface area contributed by atoms with Gasteiger partial charge in [0.15, 0.2) is 0 Å². The van der Waals surface area contributed by atoms with Crippen LogP contribution in [0.4, 0.5) is 4.39 Å². The molecule has 1 aromatic heterocycles. The molecule has 0 unspecified atom stereocenters. The summed E-state index contributed by atoms with van der Waals surface area (Å²) < 4.78 is 15.8. The van der Waals surface area contributed by atoms with Gasteiger partial charge in [0.1, 0.15) is 11.6 Å². The van der Waals surface area contributed by atoms with Gasteiger partial charge in [-0.15, -0.1) is 11.6 Å². The van der Waals surface area contributed by atoms with Crippen LogP contribution in [0.2, 0.25) is 5.02 Å². The summed E-state index contributed by atoms with van der Waals surface area (Å²) in [6, 6.07) is 3.06. The van der Waals surface area contributed by atoms with Gasteiger partial charge in [-0.1, -0.05) is 24.9 Å². The Balaban J connectivity index is 2.06. The molecule has 0 amide bonds. The molecule has 3 rings (SSSR count). The molecule has 0 saturated heterocycles. The number of fused-ring (bicyclic) bond motifs is 1. The van der Waals surface area contributed by atoms with Gasteiger partial charge in [0.05, 0.1) is 21.9 Å². The molecule has 2 nitrogen and oxygen atoms in total. The smallest absolute Gasteiger partial charge is 0.144 e. The molecule has 1 fully saturated rings. The van der Waals surface area contributed by atoms with E-state index in [1.165, 1.54) is 31.7 Å². The number of aromatic nitrogens is 2. The van der Waals surface area contributed by atoms with E-state index < -0.39 is 5.82 Å². The number of imidazole rings is 1. The van der Waals surface area contributed by atoms with E-state index in [9.17, 15) is 4.39 Å². The van der Waals surface area contributed by atoms with Crippen molar-refractivity contribution in [2.24, 2.45) is 5.41 Å². The standard InChI is InChI=1S/C15H17Cl2FN2/c1-2-3-15(4-5-15)9-20-13-7-11(18)10(17)6-12(13)19-14(20)8-16/h6-7H,2-5,8-9H2,1H3. The average molecular weight is 315 g/mol. The Labute approximate surface area is 127 Å². The van der Waals surface area contributed by atoms with Gasteiger partial charge in [0.25, 0.3) is 0 Å². The summed E-state index contributed by atoms with van der Waals surface area (Å²) in [5, 5.41) is 0.109. The number of halogens is 3. The van der Waals surface area contributed by atoms with Crippen molar-refractivity contribution >= 4 is 34.2 Å². The van der Waals surface area contributed by atoms with E-state index >= 15 is 0 Å². The molecule has 20 heavy (non-hydrogen) atoms. The van der Waals surface area contributed by atoms with Crippen molar-refractivity contribution in [3.63, 3.8) is 0 Å². The molecule has 5 heteroatoms. The summed E-state index contributed by atoms with van der Waals surface area (Å²) >= 11 is 11.8. The van der Waals surface area contributed by atoms with Crippen molar-refractivity contribution in [1.82, 2.24) is 9.55 Å². The van der Waals surface area contributed by atoms with Crippen LogP contribution < -0.4 is 0 Å². The summed E-state index contributed by atoms with van der Waals surface area (Å²) in [4.78, 5) is 4.49. The maximum absolute atomic E-state index is 13.7. The first-order chi connectivity index (χ1) is 9.58. The lowest BCUT2D eigenvalue weighted by Crippen LogP contribution is -2.13. The molecule has 0 radical (unpaired) electrons. The van der Waals surface area contributed by atoms with Crippen molar-refractivity contribution in [2.75, 3.05) is 0 Å². The van der Waals surface area contributed by atoms with Crippen LogP contribution in [-0.4, -0.2) is 9.55 Å². The minimum atomic E-state index is -0.401. The van der Waals surface area contributed by atoms with E-state index in [4.69, 9.17) is 23.2 Å². The Kier molecular flexibility index (Phi) is 3.67. The van der Waals surface area contributed by atoms with Crippen molar-refractivity contribution in [3.8, 4) is 0 Å². The van der Waals surface area contributed by atoms with Crippen molar-refractivity contribution in [3.05, 3.63) is 28.8 Å². The molecule has 0 N–H and O–H groups in total. The van der Waals surface area contributed by atoms with E-state index in [-0.39, 0.29) is 5.02 Å². The summed E-state index contributed by atoms with van der Waals surface area (Å²) in [5.41, 5.74) is 1.88. The van der Waals surface area contributed by atoms with Gasteiger partial charge in [-0.2, -0.15) is 0 Å². The number of rotatable bonds is 5.